The molecule has 7 heteroatoms. The molecule has 17 heavy (non-hydrogen) atoms. The number of hydrogen-bond acceptors (Lipinski definition) is 3. The molecule has 1 N–H and O–H groups in total. The molecule has 0 spiro atoms. The number of nitrogens with one attached hydrogen (secondary N) is 1. The summed E-state index contributed by atoms with van der Waals surface area (Å²) < 4.78 is 18.2. The van der Waals surface area contributed by atoms with Gasteiger partial charge >= 0.3 is 0 Å². The highest BCUT2D eigenvalue weighted by atomic mass is 35.5. The molecule has 0 radical (unpaired) electrons. The van der Waals surface area contributed by atoms with Crippen LogP contribution in [0.4, 0.5) is 4.39 Å². The highest BCUT2D eigenvalue weighted by Crippen LogP contribution is 2.25. The van der Waals surface area contributed by atoms with Gasteiger partial charge in [0.25, 0.3) is 0 Å². The van der Waals surface area contributed by atoms with Crippen LogP contribution in [0.2, 0.25) is 5.22 Å². The minimum Gasteiger partial charge on any atom is -0.448 e. The summed E-state index contributed by atoms with van der Waals surface area (Å²) in [6, 6.07) is 3.11. The second kappa shape index (κ2) is 8.16. The van der Waals surface area contributed by atoms with E-state index in [-0.39, 0.29) is 30.9 Å². The summed E-state index contributed by atoms with van der Waals surface area (Å²) in [6.45, 7) is 3.03. The molecule has 1 fully saturated rings. The van der Waals surface area contributed by atoms with E-state index in [0.29, 0.717) is 11.0 Å². The highest BCUT2D eigenvalue weighted by Gasteiger charge is 2.24. The number of rotatable bonds is 3. The predicted molar refractivity (Wildman–Crippen MR) is 71.4 cm³/mol. The van der Waals surface area contributed by atoms with Gasteiger partial charge in [0.1, 0.15) is 12.4 Å². The molecule has 1 aliphatic heterocycles. The van der Waals surface area contributed by atoms with Gasteiger partial charge in [-0.05, 0) is 23.7 Å². The standard InChI is InChI=1S/C10H14ClFN2O.2ClH/c11-10-2-1-9(15-10)8(7-12)14-5-3-13-4-6-14;;/h1-2,8,13H,3-7H2;2*1H/t8-;;/m1../s1. The molecular weight excluding hydrogens is 289 g/mol. The Hall–Kier alpha value is -0.0000000000000000416. The van der Waals surface area contributed by atoms with Gasteiger partial charge in [-0.15, -0.1) is 24.8 Å². The first-order chi connectivity index (χ1) is 7.31. The molecule has 0 unspecified atom stereocenters. The molecular formula is C10H16Cl3FN2O. The van der Waals surface area contributed by atoms with Crippen molar-refractivity contribution < 1.29 is 8.81 Å². The van der Waals surface area contributed by atoms with E-state index in [9.17, 15) is 4.39 Å². The van der Waals surface area contributed by atoms with Gasteiger partial charge in [0, 0.05) is 26.2 Å². The van der Waals surface area contributed by atoms with Crippen LogP contribution in [0, 0.1) is 0 Å². The van der Waals surface area contributed by atoms with E-state index in [0.717, 1.165) is 26.2 Å². The molecule has 3 nitrogen and oxygen atoms in total. The largest absolute Gasteiger partial charge is 0.448 e. The van der Waals surface area contributed by atoms with Crippen LogP contribution in [0.25, 0.3) is 0 Å². The van der Waals surface area contributed by atoms with Crippen molar-refractivity contribution in [2.24, 2.45) is 0 Å². The van der Waals surface area contributed by atoms with Crippen molar-refractivity contribution in [2.45, 2.75) is 6.04 Å². The Morgan fingerprint density at radius 1 is 1.35 bits per heavy atom. The van der Waals surface area contributed by atoms with Gasteiger partial charge in [0.2, 0.25) is 0 Å². The molecule has 0 bridgehead atoms. The number of halogens is 4. The Bertz CT molecular complexity index is 318. The predicted octanol–water partition coefficient (Wildman–Crippen LogP) is 2.69. The Balaban J connectivity index is 0.00000128. The SMILES string of the molecule is Cl.Cl.FC[C@H](c1ccc(Cl)o1)N1CCNCC1. The lowest BCUT2D eigenvalue weighted by Crippen LogP contribution is -2.45. The van der Waals surface area contributed by atoms with E-state index >= 15 is 0 Å². The van der Waals surface area contributed by atoms with Crippen LogP contribution in [0.3, 0.4) is 0 Å². The second-order valence-corrected chi connectivity index (χ2v) is 3.97. The fourth-order valence-electron chi connectivity index (χ4n) is 1.85. The molecule has 2 rings (SSSR count). The number of hydrogen-bond donors (Lipinski definition) is 1. The lowest BCUT2D eigenvalue weighted by atomic mass is 10.2. The summed E-state index contributed by atoms with van der Waals surface area (Å²) in [5.41, 5.74) is 0. The first-order valence-electron chi connectivity index (χ1n) is 5.07. The van der Waals surface area contributed by atoms with Crippen molar-refractivity contribution in [1.29, 1.82) is 0 Å². The maximum Gasteiger partial charge on any atom is 0.193 e. The van der Waals surface area contributed by atoms with Crippen molar-refractivity contribution >= 4 is 36.4 Å². The second-order valence-electron chi connectivity index (χ2n) is 3.60. The van der Waals surface area contributed by atoms with Gasteiger partial charge in [-0.1, -0.05) is 0 Å². The van der Waals surface area contributed by atoms with Crippen LogP contribution in [-0.2, 0) is 0 Å². The molecule has 100 valence electrons. The Morgan fingerprint density at radius 3 is 2.47 bits per heavy atom. The van der Waals surface area contributed by atoms with Crippen LogP contribution in [0.1, 0.15) is 11.8 Å². The van der Waals surface area contributed by atoms with Crippen LogP contribution < -0.4 is 5.32 Å². The van der Waals surface area contributed by atoms with Crippen molar-refractivity contribution in [1.82, 2.24) is 10.2 Å². The topological polar surface area (TPSA) is 28.4 Å². The van der Waals surface area contributed by atoms with Crippen molar-refractivity contribution in [3.8, 4) is 0 Å². The van der Waals surface area contributed by atoms with E-state index in [1.54, 1.807) is 12.1 Å². The van der Waals surface area contributed by atoms with Gasteiger partial charge in [-0.2, -0.15) is 0 Å². The zero-order valence-electron chi connectivity index (χ0n) is 9.20. The summed E-state index contributed by atoms with van der Waals surface area (Å²) >= 11 is 5.68. The molecule has 0 aromatic carbocycles. The van der Waals surface area contributed by atoms with E-state index in [1.165, 1.54) is 0 Å². The summed E-state index contributed by atoms with van der Waals surface area (Å²) in [6.07, 6.45) is 0. The number of piperazine rings is 1. The fraction of sp³-hybridized carbons (Fsp3) is 0.600. The third kappa shape index (κ3) is 4.30. The summed E-state index contributed by atoms with van der Waals surface area (Å²) in [5.74, 6) is 0.615. The third-order valence-corrected chi connectivity index (χ3v) is 2.86. The zero-order valence-corrected chi connectivity index (χ0v) is 11.6. The maximum absolute atomic E-state index is 13.0. The first-order valence-corrected chi connectivity index (χ1v) is 5.45. The van der Waals surface area contributed by atoms with Crippen molar-refractivity contribution in [3.05, 3.63) is 23.1 Å². The summed E-state index contributed by atoms with van der Waals surface area (Å²) in [4.78, 5) is 2.08. The molecule has 0 amide bonds. The Labute approximate surface area is 117 Å². The fourth-order valence-corrected chi connectivity index (χ4v) is 2.01. The quantitative estimate of drug-likeness (QED) is 0.931. The average molecular weight is 306 g/mol. The molecule has 2 heterocycles. The van der Waals surface area contributed by atoms with Gasteiger partial charge in [0.15, 0.2) is 5.22 Å². The van der Waals surface area contributed by atoms with Crippen LogP contribution in [0.15, 0.2) is 16.5 Å². The van der Waals surface area contributed by atoms with Gasteiger partial charge in [-0.25, -0.2) is 4.39 Å². The van der Waals surface area contributed by atoms with E-state index in [4.69, 9.17) is 16.0 Å². The maximum atomic E-state index is 13.0. The van der Waals surface area contributed by atoms with Crippen LogP contribution in [0.5, 0.6) is 0 Å². The minimum atomic E-state index is -0.441. The lowest BCUT2D eigenvalue weighted by Gasteiger charge is -2.32. The number of nitrogens with zero attached hydrogens (tertiary/aromatic N) is 1. The normalized spacial score (nSPS) is 18.0. The van der Waals surface area contributed by atoms with Gasteiger partial charge < -0.3 is 9.73 Å². The summed E-state index contributed by atoms with van der Waals surface area (Å²) in [7, 11) is 0. The molecule has 1 aliphatic rings. The minimum absolute atomic E-state index is 0. The van der Waals surface area contributed by atoms with Gasteiger partial charge in [-0.3, -0.25) is 4.90 Å². The monoisotopic (exact) mass is 304 g/mol. The summed E-state index contributed by atoms with van der Waals surface area (Å²) in [5, 5.41) is 3.55. The van der Waals surface area contributed by atoms with Crippen LogP contribution >= 0.6 is 36.4 Å². The van der Waals surface area contributed by atoms with Gasteiger partial charge in [0.05, 0.1) is 6.04 Å². The lowest BCUT2D eigenvalue weighted by molar-refractivity contribution is 0.130. The van der Waals surface area contributed by atoms with E-state index < -0.39 is 6.67 Å². The number of furan rings is 1. The van der Waals surface area contributed by atoms with E-state index in [2.05, 4.69) is 10.2 Å². The molecule has 1 saturated heterocycles. The van der Waals surface area contributed by atoms with E-state index in [1.807, 2.05) is 0 Å². The zero-order chi connectivity index (χ0) is 10.7. The first kappa shape index (κ1) is 17.0. The molecule has 0 saturated carbocycles. The van der Waals surface area contributed by atoms with Crippen LogP contribution in [-0.4, -0.2) is 37.8 Å². The average Bonchev–Trinajstić information content (AvgIpc) is 2.68. The highest BCUT2D eigenvalue weighted by molar-refractivity contribution is 6.28. The molecule has 1 aromatic rings. The molecule has 0 aliphatic carbocycles. The molecule has 1 atom stereocenters. The van der Waals surface area contributed by atoms with Crippen molar-refractivity contribution in [2.75, 3.05) is 32.9 Å². The smallest absolute Gasteiger partial charge is 0.193 e. The molecule has 1 aromatic heterocycles. The Morgan fingerprint density at radius 2 is 2.00 bits per heavy atom. The number of alkyl halides is 1. The third-order valence-electron chi connectivity index (χ3n) is 2.66. The van der Waals surface area contributed by atoms with Crippen molar-refractivity contribution in [3.63, 3.8) is 0 Å². The Kier molecular flexibility index (Phi) is 8.16.